The fourth-order valence-electron chi connectivity index (χ4n) is 3.24. The third-order valence-corrected chi connectivity index (χ3v) is 6.67. The van der Waals surface area contributed by atoms with Crippen LogP contribution in [0, 0.1) is 0 Å². The summed E-state index contributed by atoms with van der Waals surface area (Å²) in [6.07, 6.45) is 4.25. The van der Waals surface area contributed by atoms with Crippen molar-refractivity contribution in [2.75, 3.05) is 38.0 Å². The summed E-state index contributed by atoms with van der Waals surface area (Å²) < 4.78 is 27.2. The van der Waals surface area contributed by atoms with Crippen LogP contribution in [0.4, 0.5) is 5.69 Å². The van der Waals surface area contributed by atoms with E-state index in [0.29, 0.717) is 18.8 Å². The zero-order valence-corrected chi connectivity index (χ0v) is 16.8. The number of nitrogens with one attached hydrogen (secondary N) is 2. The maximum Gasteiger partial charge on any atom is 0.243 e. The Bertz CT molecular complexity index is 917. The Kier molecular flexibility index (Phi) is 6.61. The van der Waals surface area contributed by atoms with Crippen molar-refractivity contribution in [1.82, 2.24) is 4.31 Å². The Hall–Kier alpha value is -2.48. The molecule has 2 aromatic carbocycles. The Morgan fingerprint density at radius 2 is 1.71 bits per heavy atom. The molecule has 2 N–H and O–H groups in total. The minimum atomic E-state index is -3.50. The number of carbonyl (C=O) groups is 1. The number of hydrogen-bond acceptors (Lipinski definition) is 3. The third kappa shape index (κ3) is 5.28. The van der Waals surface area contributed by atoms with Gasteiger partial charge in [0.1, 0.15) is 0 Å². The average molecular weight is 401 g/mol. The first kappa shape index (κ1) is 20.3. The number of sulfonamides is 1. The lowest BCUT2D eigenvalue weighted by atomic mass is 10.2. The SMILES string of the molecule is CC(=O)Nc1ccc(S(=O)(=O)N2CC[NH+](CC=Cc3ccccc3)CC2)cc1. The molecule has 0 atom stereocenters. The Balaban J connectivity index is 1.54. The van der Waals surface area contributed by atoms with E-state index in [9.17, 15) is 13.2 Å². The Morgan fingerprint density at radius 1 is 1.07 bits per heavy atom. The number of benzene rings is 2. The summed E-state index contributed by atoms with van der Waals surface area (Å²) in [6, 6.07) is 16.5. The van der Waals surface area contributed by atoms with Crippen molar-refractivity contribution in [3.8, 4) is 0 Å². The number of amides is 1. The van der Waals surface area contributed by atoms with Crippen molar-refractivity contribution in [3.63, 3.8) is 0 Å². The van der Waals surface area contributed by atoms with E-state index in [2.05, 4.69) is 29.6 Å². The molecule has 1 aliphatic rings. The van der Waals surface area contributed by atoms with Crippen LogP contribution in [-0.4, -0.2) is 51.4 Å². The van der Waals surface area contributed by atoms with E-state index in [4.69, 9.17) is 0 Å². The molecular weight excluding hydrogens is 374 g/mol. The zero-order chi connectivity index (χ0) is 20.0. The van der Waals surface area contributed by atoms with E-state index in [1.807, 2.05) is 18.2 Å². The first-order chi connectivity index (χ1) is 13.4. The molecule has 1 aliphatic heterocycles. The fourth-order valence-corrected chi connectivity index (χ4v) is 4.68. The third-order valence-electron chi connectivity index (χ3n) is 4.76. The largest absolute Gasteiger partial charge is 0.329 e. The normalized spacial score (nSPS) is 16.3. The molecule has 3 rings (SSSR count). The fraction of sp³-hybridized carbons (Fsp3) is 0.286. The van der Waals surface area contributed by atoms with Crippen LogP contribution in [0.25, 0.3) is 6.08 Å². The Morgan fingerprint density at radius 3 is 2.32 bits per heavy atom. The van der Waals surface area contributed by atoms with Gasteiger partial charge in [-0.05, 0) is 35.9 Å². The molecule has 0 saturated carbocycles. The van der Waals surface area contributed by atoms with Gasteiger partial charge in [0.15, 0.2) is 0 Å². The molecule has 0 spiro atoms. The van der Waals surface area contributed by atoms with Crippen molar-refractivity contribution in [3.05, 3.63) is 66.2 Å². The zero-order valence-electron chi connectivity index (χ0n) is 16.0. The molecule has 0 radical (unpaired) electrons. The van der Waals surface area contributed by atoms with Crippen LogP contribution in [0.1, 0.15) is 12.5 Å². The summed E-state index contributed by atoms with van der Waals surface area (Å²) >= 11 is 0. The number of quaternary nitrogens is 1. The predicted octanol–water partition coefficient (Wildman–Crippen LogP) is 1.25. The van der Waals surface area contributed by atoms with Crippen LogP contribution in [0.3, 0.4) is 0 Å². The molecule has 148 valence electrons. The van der Waals surface area contributed by atoms with Gasteiger partial charge in [0.2, 0.25) is 15.9 Å². The lowest BCUT2D eigenvalue weighted by Gasteiger charge is -2.31. The summed E-state index contributed by atoms with van der Waals surface area (Å²) in [7, 11) is -3.50. The van der Waals surface area contributed by atoms with Crippen molar-refractivity contribution >= 4 is 27.7 Å². The van der Waals surface area contributed by atoms with Gasteiger partial charge in [0.05, 0.1) is 37.6 Å². The number of hydrogen-bond donors (Lipinski definition) is 2. The topological polar surface area (TPSA) is 70.9 Å². The van der Waals surface area contributed by atoms with Crippen LogP contribution in [0.5, 0.6) is 0 Å². The minimum Gasteiger partial charge on any atom is -0.329 e. The quantitative estimate of drug-likeness (QED) is 0.767. The van der Waals surface area contributed by atoms with E-state index in [0.717, 1.165) is 19.6 Å². The van der Waals surface area contributed by atoms with E-state index in [-0.39, 0.29) is 10.8 Å². The molecule has 1 saturated heterocycles. The highest BCUT2D eigenvalue weighted by Gasteiger charge is 2.29. The van der Waals surface area contributed by atoms with Gasteiger partial charge in [-0.3, -0.25) is 4.79 Å². The summed E-state index contributed by atoms with van der Waals surface area (Å²) in [5.74, 6) is -0.184. The molecule has 0 bridgehead atoms. The van der Waals surface area contributed by atoms with Crippen LogP contribution in [0.2, 0.25) is 0 Å². The van der Waals surface area contributed by atoms with Crippen LogP contribution in [-0.2, 0) is 14.8 Å². The molecule has 6 nitrogen and oxygen atoms in total. The lowest BCUT2D eigenvalue weighted by Crippen LogP contribution is -3.14. The van der Waals surface area contributed by atoms with E-state index in [1.165, 1.54) is 17.4 Å². The van der Waals surface area contributed by atoms with E-state index in [1.54, 1.807) is 28.6 Å². The summed E-state index contributed by atoms with van der Waals surface area (Å²) in [4.78, 5) is 12.7. The molecule has 2 aromatic rings. The van der Waals surface area contributed by atoms with Crippen LogP contribution in [0.15, 0.2) is 65.6 Å². The maximum atomic E-state index is 12.8. The molecule has 1 heterocycles. The standard InChI is InChI=1S/C21H25N3O3S/c1-18(25)22-20-9-11-21(12-10-20)28(26,27)24-16-14-23(15-17-24)13-5-8-19-6-3-2-4-7-19/h2-12H,13-17H2,1H3,(H,22,25)/p+1. The monoisotopic (exact) mass is 400 g/mol. The first-order valence-corrected chi connectivity index (χ1v) is 10.8. The van der Waals surface area contributed by atoms with Crippen LogP contribution >= 0.6 is 0 Å². The summed E-state index contributed by atoms with van der Waals surface area (Å²) in [6.45, 7) is 4.87. The molecular formula is C21H26N3O3S+. The number of piperazine rings is 1. The second kappa shape index (κ2) is 9.14. The minimum absolute atomic E-state index is 0.184. The van der Waals surface area contributed by atoms with Crippen molar-refractivity contribution < 1.29 is 18.1 Å². The number of nitrogens with zero attached hydrogens (tertiary/aromatic N) is 1. The maximum absolute atomic E-state index is 12.8. The van der Waals surface area contributed by atoms with Gasteiger partial charge in [-0.25, -0.2) is 8.42 Å². The predicted molar refractivity (Wildman–Crippen MR) is 111 cm³/mol. The van der Waals surface area contributed by atoms with Crippen molar-refractivity contribution in [2.45, 2.75) is 11.8 Å². The van der Waals surface area contributed by atoms with Gasteiger partial charge in [0, 0.05) is 12.6 Å². The molecule has 0 aromatic heterocycles. The van der Waals surface area contributed by atoms with Crippen molar-refractivity contribution in [1.29, 1.82) is 0 Å². The second-order valence-electron chi connectivity index (χ2n) is 6.88. The van der Waals surface area contributed by atoms with Gasteiger partial charge in [0.25, 0.3) is 0 Å². The highest BCUT2D eigenvalue weighted by atomic mass is 32.2. The van der Waals surface area contributed by atoms with Gasteiger partial charge in [-0.2, -0.15) is 4.31 Å². The van der Waals surface area contributed by atoms with Gasteiger partial charge in [-0.15, -0.1) is 0 Å². The van der Waals surface area contributed by atoms with Gasteiger partial charge < -0.3 is 10.2 Å². The van der Waals surface area contributed by atoms with E-state index < -0.39 is 10.0 Å². The molecule has 0 unspecified atom stereocenters. The summed E-state index contributed by atoms with van der Waals surface area (Å²) in [5.41, 5.74) is 1.76. The molecule has 28 heavy (non-hydrogen) atoms. The number of anilines is 1. The highest BCUT2D eigenvalue weighted by Crippen LogP contribution is 2.18. The van der Waals surface area contributed by atoms with Gasteiger partial charge in [-0.1, -0.05) is 36.4 Å². The average Bonchev–Trinajstić information content (AvgIpc) is 2.69. The first-order valence-electron chi connectivity index (χ1n) is 9.38. The number of carbonyl (C=O) groups excluding carboxylic acids is 1. The molecule has 7 heteroatoms. The second-order valence-corrected chi connectivity index (χ2v) is 8.81. The smallest absolute Gasteiger partial charge is 0.243 e. The van der Waals surface area contributed by atoms with Crippen molar-refractivity contribution in [2.24, 2.45) is 0 Å². The van der Waals surface area contributed by atoms with Gasteiger partial charge >= 0.3 is 0 Å². The lowest BCUT2D eigenvalue weighted by molar-refractivity contribution is -0.897. The summed E-state index contributed by atoms with van der Waals surface area (Å²) in [5, 5.41) is 2.64. The van der Waals surface area contributed by atoms with E-state index >= 15 is 0 Å². The molecule has 1 amide bonds. The number of rotatable bonds is 6. The highest BCUT2D eigenvalue weighted by molar-refractivity contribution is 7.89. The Labute approximate surface area is 166 Å². The van der Waals surface area contributed by atoms with Crippen LogP contribution < -0.4 is 10.2 Å². The molecule has 0 aliphatic carbocycles. The molecule has 1 fully saturated rings.